The lowest BCUT2D eigenvalue weighted by Gasteiger charge is -2.11. The van der Waals surface area contributed by atoms with E-state index in [1.54, 1.807) is 0 Å². The van der Waals surface area contributed by atoms with Crippen LogP contribution < -0.4 is 14.8 Å². The molecule has 0 amide bonds. The average molecular weight is 405 g/mol. The Hall–Kier alpha value is -3.10. The van der Waals surface area contributed by atoms with E-state index < -0.39 is 11.9 Å². The second-order valence-corrected chi connectivity index (χ2v) is 5.61. The van der Waals surface area contributed by atoms with Gasteiger partial charge in [0.2, 0.25) is 0 Å². The van der Waals surface area contributed by atoms with Crippen molar-refractivity contribution in [1.82, 2.24) is 5.32 Å². The number of para-hydroxylation sites is 2. The molecule has 0 radical (unpaired) electrons. The van der Waals surface area contributed by atoms with Crippen LogP contribution >= 0.6 is 0 Å². The number of aliphatic carboxylic acids is 2. The lowest BCUT2D eigenvalue weighted by Crippen LogP contribution is -2.20. The van der Waals surface area contributed by atoms with Gasteiger partial charge in [0.25, 0.3) is 0 Å². The van der Waals surface area contributed by atoms with Gasteiger partial charge in [-0.15, -0.1) is 0 Å². The molecule has 0 atom stereocenters. The third kappa shape index (κ3) is 11.4. The first-order chi connectivity index (χ1) is 14.0. The van der Waals surface area contributed by atoms with Crippen molar-refractivity contribution in [2.24, 2.45) is 0 Å². The van der Waals surface area contributed by atoms with E-state index in [1.807, 2.05) is 49.4 Å². The topological polar surface area (TPSA) is 114 Å². The van der Waals surface area contributed by atoms with E-state index in [0.717, 1.165) is 24.6 Å². The molecule has 0 aliphatic heterocycles. The maximum atomic E-state index is 9.10. The molecule has 2 aromatic rings. The molecule has 0 spiro atoms. The number of hydrogen-bond donors (Lipinski definition) is 3. The summed E-state index contributed by atoms with van der Waals surface area (Å²) in [6, 6.07) is 18.0. The predicted octanol–water partition coefficient (Wildman–Crippen LogP) is 2.43. The molecule has 8 heteroatoms. The van der Waals surface area contributed by atoms with Gasteiger partial charge in [0.1, 0.15) is 6.61 Å². The molecule has 0 heterocycles. The number of carboxylic acids is 2. The highest BCUT2D eigenvalue weighted by molar-refractivity contribution is 6.27. The molecule has 2 rings (SSSR count). The summed E-state index contributed by atoms with van der Waals surface area (Å²) in [5.41, 5.74) is 1.28. The Morgan fingerprint density at radius 2 is 1.41 bits per heavy atom. The van der Waals surface area contributed by atoms with Crippen LogP contribution in [0.5, 0.6) is 11.5 Å². The number of ether oxygens (including phenoxy) is 3. The summed E-state index contributed by atoms with van der Waals surface area (Å²) in [4.78, 5) is 18.2. The molecule has 0 saturated carbocycles. The van der Waals surface area contributed by atoms with Gasteiger partial charge in [0, 0.05) is 13.1 Å². The summed E-state index contributed by atoms with van der Waals surface area (Å²) in [6.45, 7) is 6.03. The standard InChI is InChI=1S/C19H25NO3.C2H2O4/c1-2-22-18-10-6-7-11-19(18)23-15-14-21-13-12-20-16-17-8-4-3-5-9-17;3-1(4)2(5)6/h3-11,20H,2,12-16H2,1H3;(H,3,4)(H,5,6). The molecule has 0 fully saturated rings. The molecule has 158 valence electrons. The van der Waals surface area contributed by atoms with E-state index >= 15 is 0 Å². The molecule has 0 bridgehead atoms. The highest BCUT2D eigenvalue weighted by atomic mass is 16.5. The maximum absolute atomic E-state index is 9.10. The van der Waals surface area contributed by atoms with Crippen molar-refractivity contribution in [1.29, 1.82) is 0 Å². The van der Waals surface area contributed by atoms with Crippen molar-refractivity contribution >= 4 is 11.9 Å². The van der Waals surface area contributed by atoms with Crippen molar-refractivity contribution in [3.05, 3.63) is 60.2 Å². The van der Waals surface area contributed by atoms with Gasteiger partial charge >= 0.3 is 11.9 Å². The third-order valence-electron chi connectivity index (χ3n) is 3.41. The number of carbonyl (C=O) groups is 2. The molecular weight excluding hydrogens is 378 g/mol. The van der Waals surface area contributed by atoms with Crippen LogP contribution in [0.4, 0.5) is 0 Å². The number of rotatable bonds is 11. The number of benzene rings is 2. The summed E-state index contributed by atoms with van der Waals surface area (Å²) in [5.74, 6) is -2.11. The monoisotopic (exact) mass is 405 g/mol. The second-order valence-electron chi connectivity index (χ2n) is 5.61. The molecule has 0 aliphatic carbocycles. The molecule has 8 nitrogen and oxygen atoms in total. The Morgan fingerprint density at radius 3 is 2.00 bits per heavy atom. The normalized spacial score (nSPS) is 9.83. The SMILES string of the molecule is CCOc1ccccc1OCCOCCNCc1ccccc1.O=C(O)C(=O)O. The highest BCUT2D eigenvalue weighted by Gasteiger charge is 2.04. The van der Waals surface area contributed by atoms with Crippen LogP contribution in [0.1, 0.15) is 12.5 Å². The van der Waals surface area contributed by atoms with Gasteiger partial charge in [-0.3, -0.25) is 0 Å². The predicted molar refractivity (Wildman–Crippen MR) is 107 cm³/mol. The Labute approximate surface area is 170 Å². The minimum atomic E-state index is -1.82. The summed E-state index contributed by atoms with van der Waals surface area (Å²) in [6.07, 6.45) is 0. The fourth-order valence-corrected chi connectivity index (χ4v) is 2.13. The summed E-state index contributed by atoms with van der Waals surface area (Å²) in [7, 11) is 0. The smallest absolute Gasteiger partial charge is 0.414 e. The van der Waals surface area contributed by atoms with Gasteiger partial charge in [-0.2, -0.15) is 0 Å². The fraction of sp³-hybridized carbons (Fsp3) is 0.333. The molecule has 0 saturated heterocycles. The summed E-state index contributed by atoms with van der Waals surface area (Å²) in [5, 5.41) is 18.1. The van der Waals surface area contributed by atoms with Crippen LogP contribution in [0.3, 0.4) is 0 Å². The number of hydrogen-bond acceptors (Lipinski definition) is 6. The number of nitrogens with one attached hydrogen (secondary N) is 1. The summed E-state index contributed by atoms with van der Waals surface area (Å²) >= 11 is 0. The van der Waals surface area contributed by atoms with E-state index in [0.29, 0.717) is 26.4 Å². The van der Waals surface area contributed by atoms with Crippen LogP contribution in [0.2, 0.25) is 0 Å². The zero-order valence-corrected chi connectivity index (χ0v) is 16.4. The third-order valence-corrected chi connectivity index (χ3v) is 3.41. The van der Waals surface area contributed by atoms with Crippen LogP contribution in [-0.4, -0.2) is 55.1 Å². The minimum absolute atomic E-state index is 0.517. The van der Waals surface area contributed by atoms with Gasteiger partial charge < -0.3 is 29.7 Å². The van der Waals surface area contributed by atoms with Gasteiger partial charge in [0.05, 0.1) is 19.8 Å². The van der Waals surface area contributed by atoms with Crippen LogP contribution in [0.15, 0.2) is 54.6 Å². The Morgan fingerprint density at radius 1 is 0.828 bits per heavy atom. The van der Waals surface area contributed by atoms with Crippen molar-refractivity contribution in [3.8, 4) is 11.5 Å². The van der Waals surface area contributed by atoms with Crippen LogP contribution in [0.25, 0.3) is 0 Å². The van der Waals surface area contributed by atoms with Gasteiger partial charge in [-0.25, -0.2) is 9.59 Å². The van der Waals surface area contributed by atoms with E-state index in [2.05, 4.69) is 17.4 Å². The zero-order valence-electron chi connectivity index (χ0n) is 16.4. The molecule has 2 aromatic carbocycles. The highest BCUT2D eigenvalue weighted by Crippen LogP contribution is 2.26. The van der Waals surface area contributed by atoms with Crippen LogP contribution in [-0.2, 0) is 20.9 Å². The van der Waals surface area contributed by atoms with E-state index in [1.165, 1.54) is 5.56 Å². The minimum Gasteiger partial charge on any atom is -0.490 e. The van der Waals surface area contributed by atoms with Gasteiger partial charge in [-0.05, 0) is 24.6 Å². The zero-order chi connectivity index (χ0) is 21.3. The summed E-state index contributed by atoms with van der Waals surface area (Å²) < 4.78 is 16.8. The average Bonchev–Trinajstić information content (AvgIpc) is 2.72. The van der Waals surface area contributed by atoms with E-state index in [-0.39, 0.29) is 0 Å². The molecule has 0 aromatic heterocycles. The Bertz CT molecular complexity index is 710. The Balaban J connectivity index is 0.000000612. The van der Waals surface area contributed by atoms with Gasteiger partial charge in [-0.1, -0.05) is 42.5 Å². The lowest BCUT2D eigenvalue weighted by molar-refractivity contribution is -0.159. The first-order valence-corrected chi connectivity index (χ1v) is 9.17. The molecule has 3 N–H and O–H groups in total. The fourth-order valence-electron chi connectivity index (χ4n) is 2.13. The van der Waals surface area contributed by atoms with E-state index in [9.17, 15) is 0 Å². The van der Waals surface area contributed by atoms with Crippen molar-refractivity contribution in [2.75, 3.05) is 33.0 Å². The van der Waals surface area contributed by atoms with Gasteiger partial charge in [0.15, 0.2) is 11.5 Å². The second kappa shape index (κ2) is 14.9. The van der Waals surface area contributed by atoms with E-state index in [4.69, 9.17) is 34.0 Å². The molecular formula is C21H27NO7. The van der Waals surface area contributed by atoms with Crippen molar-refractivity contribution in [2.45, 2.75) is 13.5 Å². The molecule has 29 heavy (non-hydrogen) atoms. The van der Waals surface area contributed by atoms with Crippen LogP contribution in [0, 0.1) is 0 Å². The Kier molecular flexibility index (Phi) is 12.3. The lowest BCUT2D eigenvalue weighted by atomic mass is 10.2. The first kappa shape index (κ1) is 23.9. The van der Waals surface area contributed by atoms with Crippen molar-refractivity contribution in [3.63, 3.8) is 0 Å². The maximum Gasteiger partial charge on any atom is 0.414 e. The largest absolute Gasteiger partial charge is 0.490 e. The quantitative estimate of drug-likeness (QED) is 0.386. The van der Waals surface area contributed by atoms with Crippen molar-refractivity contribution < 1.29 is 34.0 Å². The molecule has 0 aliphatic rings. The number of carboxylic acid groups (broad SMARTS) is 2. The molecule has 0 unspecified atom stereocenters. The first-order valence-electron chi connectivity index (χ1n) is 9.17.